The highest BCUT2D eigenvalue weighted by atomic mass is 16.5. The van der Waals surface area contributed by atoms with Gasteiger partial charge in [0.25, 0.3) is 0 Å². The third-order valence-electron chi connectivity index (χ3n) is 5.91. The lowest BCUT2D eigenvalue weighted by molar-refractivity contribution is -0.142. The number of hydrogen-bond acceptors (Lipinski definition) is 4. The molecule has 1 aliphatic carbocycles. The van der Waals surface area contributed by atoms with Gasteiger partial charge in [-0.2, -0.15) is 0 Å². The molecule has 3 rings (SSSR count). The van der Waals surface area contributed by atoms with Crippen LogP contribution in [0.3, 0.4) is 0 Å². The molecule has 0 bridgehead atoms. The van der Waals surface area contributed by atoms with Crippen molar-refractivity contribution in [2.75, 3.05) is 39.9 Å². The van der Waals surface area contributed by atoms with E-state index in [0.717, 1.165) is 38.6 Å². The van der Waals surface area contributed by atoms with E-state index >= 15 is 0 Å². The zero-order chi connectivity index (χ0) is 16.5. The molecular formula is C17H28N2O4. The second kappa shape index (κ2) is 6.40. The number of carbonyl (C=O) groups is 2. The number of methoxy groups -OCH3 is 1. The number of amides is 2. The number of likely N-dealkylation sites (tertiary alicyclic amines) is 2. The second-order valence-corrected chi connectivity index (χ2v) is 7.62. The fourth-order valence-corrected chi connectivity index (χ4v) is 4.11. The van der Waals surface area contributed by atoms with Gasteiger partial charge in [-0.3, -0.25) is 9.59 Å². The van der Waals surface area contributed by atoms with Crippen LogP contribution in [0.5, 0.6) is 0 Å². The lowest BCUT2D eigenvalue weighted by atomic mass is 9.76. The monoisotopic (exact) mass is 324 g/mol. The van der Waals surface area contributed by atoms with Crippen molar-refractivity contribution in [3.63, 3.8) is 0 Å². The van der Waals surface area contributed by atoms with Crippen LogP contribution in [-0.4, -0.2) is 72.2 Å². The van der Waals surface area contributed by atoms with E-state index < -0.39 is 5.60 Å². The van der Waals surface area contributed by atoms with Gasteiger partial charge in [0.05, 0.1) is 18.6 Å². The molecular weight excluding hydrogens is 296 g/mol. The van der Waals surface area contributed by atoms with Crippen molar-refractivity contribution in [2.45, 2.75) is 50.5 Å². The quantitative estimate of drug-likeness (QED) is 0.811. The summed E-state index contributed by atoms with van der Waals surface area (Å²) in [6.07, 6.45) is 5.14. The van der Waals surface area contributed by atoms with E-state index in [2.05, 4.69) is 0 Å². The van der Waals surface area contributed by atoms with Crippen molar-refractivity contribution in [2.24, 2.45) is 5.41 Å². The Morgan fingerprint density at radius 2 is 1.96 bits per heavy atom. The molecule has 6 nitrogen and oxygen atoms in total. The number of ether oxygens (including phenoxy) is 1. The fourth-order valence-electron chi connectivity index (χ4n) is 4.11. The largest absolute Gasteiger partial charge is 0.389 e. The van der Waals surface area contributed by atoms with Crippen LogP contribution in [0, 0.1) is 5.41 Å². The van der Waals surface area contributed by atoms with Crippen LogP contribution in [0.2, 0.25) is 0 Å². The Bertz CT molecular complexity index is 467. The summed E-state index contributed by atoms with van der Waals surface area (Å²) in [7, 11) is 1.65. The minimum atomic E-state index is -0.744. The molecule has 0 unspecified atom stereocenters. The predicted octanol–water partition coefficient (Wildman–Crippen LogP) is 0.779. The van der Waals surface area contributed by atoms with Crippen molar-refractivity contribution in [1.82, 2.24) is 9.80 Å². The van der Waals surface area contributed by atoms with Crippen LogP contribution < -0.4 is 0 Å². The van der Waals surface area contributed by atoms with Gasteiger partial charge in [-0.25, -0.2) is 0 Å². The Balaban J connectivity index is 1.50. The maximum Gasteiger partial charge on any atom is 0.225 e. The molecule has 2 saturated heterocycles. The molecule has 1 N–H and O–H groups in total. The molecule has 2 aliphatic heterocycles. The van der Waals surface area contributed by atoms with E-state index in [9.17, 15) is 14.7 Å². The molecule has 0 aromatic carbocycles. The van der Waals surface area contributed by atoms with Crippen LogP contribution in [0.25, 0.3) is 0 Å². The van der Waals surface area contributed by atoms with Gasteiger partial charge in [0.1, 0.15) is 0 Å². The summed E-state index contributed by atoms with van der Waals surface area (Å²) < 4.78 is 5.07. The Morgan fingerprint density at radius 3 is 2.52 bits per heavy atom. The van der Waals surface area contributed by atoms with E-state index in [1.54, 1.807) is 7.11 Å². The van der Waals surface area contributed by atoms with Crippen LogP contribution in [0.1, 0.15) is 44.9 Å². The van der Waals surface area contributed by atoms with Gasteiger partial charge in [0, 0.05) is 45.1 Å². The third kappa shape index (κ3) is 3.53. The first-order valence-electron chi connectivity index (χ1n) is 8.72. The molecule has 1 spiro atoms. The van der Waals surface area contributed by atoms with Crippen LogP contribution in [0.15, 0.2) is 0 Å². The Hall–Kier alpha value is -1.14. The first kappa shape index (κ1) is 16.7. The number of piperidine rings is 1. The Labute approximate surface area is 137 Å². The van der Waals surface area contributed by atoms with Crippen molar-refractivity contribution in [1.29, 1.82) is 0 Å². The van der Waals surface area contributed by atoms with Crippen molar-refractivity contribution in [3.05, 3.63) is 0 Å². The molecule has 0 aromatic rings. The molecule has 3 aliphatic rings. The fraction of sp³-hybridized carbons (Fsp3) is 0.882. The lowest BCUT2D eigenvalue weighted by Gasteiger charge is -2.41. The third-order valence-corrected chi connectivity index (χ3v) is 5.91. The van der Waals surface area contributed by atoms with E-state index in [0.29, 0.717) is 32.7 Å². The van der Waals surface area contributed by atoms with Gasteiger partial charge in [-0.15, -0.1) is 0 Å². The van der Waals surface area contributed by atoms with Gasteiger partial charge in [0.15, 0.2) is 0 Å². The predicted molar refractivity (Wildman–Crippen MR) is 84.7 cm³/mol. The minimum absolute atomic E-state index is 0.0367. The Kier molecular flexibility index (Phi) is 4.65. The molecule has 3 fully saturated rings. The van der Waals surface area contributed by atoms with Crippen molar-refractivity contribution in [3.8, 4) is 0 Å². The first-order chi connectivity index (χ1) is 11.0. The van der Waals surface area contributed by atoms with Crippen LogP contribution in [-0.2, 0) is 14.3 Å². The number of rotatable bonds is 5. The summed E-state index contributed by atoms with van der Waals surface area (Å²) in [5.74, 6) is 0.285. The average molecular weight is 324 g/mol. The molecule has 23 heavy (non-hydrogen) atoms. The molecule has 2 amide bonds. The van der Waals surface area contributed by atoms with Gasteiger partial charge in [-0.1, -0.05) is 0 Å². The maximum absolute atomic E-state index is 12.4. The zero-order valence-corrected chi connectivity index (χ0v) is 14.1. The summed E-state index contributed by atoms with van der Waals surface area (Å²) in [6, 6.07) is 0. The molecule has 0 radical (unpaired) electrons. The average Bonchev–Trinajstić information content (AvgIpc) is 2.79. The number of carbonyl (C=O) groups excluding carboxylic acids is 2. The zero-order valence-electron chi connectivity index (χ0n) is 14.1. The number of hydrogen-bond donors (Lipinski definition) is 1. The van der Waals surface area contributed by atoms with Crippen LogP contribution in [0.4, 0.5) is 0 Å². The topological polar surface area (TPSA) is 70.1 Å². The summed E-state index contributed by atoms with van der Waals surface area (Å²) in [5.41, 5.74) is -0.707. The van der Waals surface area contributed by atoms with Gasteiger partial charge < -0.3 is 19.6 Å². The summed E-state index contributed by atoms with van der Waals surface area (Å²) >= 11 is 0. The molecule has 6 heteroatoms. The van der Waals surface area contributed by atoms with E-state index in [1.165, 1.54) is 0 Å². The highest BCUT2D eigenvalue weighted by Gasteiger charge is 2.46. The van der Waals surface area contributed by atoms with Gasteiger partial charge in [0.2, 0.25) is 11.8 Å². The van der Waals surface area contributed by atoms with Crippen LogP contribution >= 0.6 is 0 Å². The van der Waals surface area contributed by atoms with E-state index in [4.69, 9.17) is 4.74 Å². The summed E-state index contributed by atoms with van der Waals surface area (Å²) in [6.45, 7) is 3.44. The summed E-state index contributed by atoms with van der Waals surface area (Å²) in [4.78, 5) is 28.3. The molecule has 2 heterocycles. The molecule has 0 aromatic heterocycles. The smallest absolute Gasteiger partial charge is 0.225 e. The molecule has 1 saturated carbocycles. The van der Waals surface area contributed by atoms with E-state index in [-0.39, 0.29) is 23.7 Å². The highest BCUT2D eigenvalue weighted by Crippen LogP contribution is 2.41. The van der Waals surface area contributed by atoms with Gasteiger partial charge >= 0.3 is 0 Å². The van der Waals surface area contributed by atoms with Crippen molar-refractivity contribution >= 4 is 11.8 Å². The first-order valence-corrected chi connectivity index (χ1v) is 8.72. The standard InChI is InChI=1S/C17H28N2O4/c1-23-10-9-19-13-16(11-14(19)20)5-7-18(8-6-16)15(21)12-17(22)3-2-4-17/h22H,2-13H2,1H3. The number of aliphatic hydroxyl groups is 1. The second-order valence-electron chi connectivity index (χ2n) is 7.62. The lowest BCUT2D eigenvalue weighted by Crippen LogP contribution is -2.48. The highest BCUT2D eigenvalue weighted by molar-refractivity contribution is 5.80. The normalized spacial score (nSPS) is 25.7. The number of nitrogens with zero attached hydrogens (tertiary/aromatic N) is 2. The van der Waals surface area contributed by atoms with Crippen molar-refractivity contribution < 1.29 is 19.4 Å². The van der Waals surface area contributed by atoms with Gasteiger partial charge in [-0.05, 0) is 32.1 Å². The Morgan fingerprint density at radius 1 is 1.26 bits per heavy atom. The van der Waals surface area contributed by atoms with E-state index in [1.807, 2.05) is 9.80 Å². The maximum atomic E-state index is 12.4. The minimum Gasteiger partial charge on any atom is -0.389 e. The molecule has 130 valence electrons. The molecule has 0 atom stereocenters. The SMILES string of the molecule is COCCN1CC2(CCN(C(=O)CC3(O)CCC3)CC2)CC1=O. The summed E-state index contributed by atoms with van der Waals surface area (Å²) in [5, 5.41) is 10.2.